The minimum absolute atomic E-state index is 0.712. The van der Waals surface area contributed by atoms with Crippen LogP contribution in [0.1, 0.15) is 44.9 Å². The number of hydrogen-bond donors (Lipinski definition) is 1. The molecule has 0 fully saturated rings. The van der Waals surface area contributed by atoms with Gasteiger partial charge in [0.15, 0.2) is 0 Å². The summed E-state index contributed by atoms with van der Waals surface area (Å²) in [4.78, 5) is 9.95. The summed E-state index contributed by atoms with van der Waals surface area (Å²) in [6, 6.07) is 0. The van der Waals surface area contributed by atoms with Crippen molar-refractivity contribution in [2.24, 2.45) is 5.73 Å². The molecule has 0 bridgehead atoms. The summed E-state index contributed by atoms with van der Waals surface area (Å²) in [5, 5.41) is 0. The van der Waals surface area contributed by atoms with Crippen LogP contribution in [-0.2, 0) is 4.79 Å². The zero-order chi connectivity index (χ0) is 9.23. The lowest BCUT2D eigenvalue weighted by molar-refractivity contribution is -0.107. The Kier molecular flexibility index (Phi) is 7.76. The van der Waals surface area contributed by atoms with E-state index in [0.29, 0.717) is 6.42 Å². The number of aldehydes is 1. The van der Waals surface area contributed by atoms with Gasteiger partial charge in [-0.25, -0.2) is 0 Å². The van der Waals surface area contributed by atoms with Crippen molar-refractivity contribution >= 4 is 6.29 Å². The zero-order valence-electron chi connectivity index (χ0n) is 7.72. The standard InChI is InChI=1S/C10H19NO/c1-10(11)8-6-4-2-3-5-7-9-12/h9H,1-8,11H2. The Balaban J connectivity index is 2.90. The first-order chi connectivity index (χ1) is 5.77. The fourth-order valence-electron chi connectivity index (χ4n) is 1.11. The average Bonchev–Trinajstić information content (AvgIpc) is 2.02. The van der Waals surface area contributed by atoms with Crippen LogP contribution in [0.3, 0.4) is 0 Å². The minimum Gasteiger partial charge on any atom is -0.403 e. The van der Waals surface area contributed by atoms with E-state index in [1.54, 1.807) is 0 Å². The molecule has 0 saturated heterocycles. The van der Waals surface area contributed by atoms with Crippen LogP contribution in [0.5, 0.6) is 0 Å². The van der Waals surface area contributed by atoms with E-state index in [-0.39, 0.29) is 0 Å². The molecule has 0 aromatic rings. The number of rotatable bonds is 8. The topological polar surface area (TPSA) is 43.1 Å². The second-order valence-electron chi connectivity index (χ2n) is 3.13. The summed E-state index contributed by atoms with van der Waals surface area (Å²) in [5.74, 6) is 0. The highest BCUT2D eigenvalue weighted by Crippen LogP contribution is 2.07. The van der Waals surface area contributed by atoms with Crippen LogP contribution in [0.4, 0.5) is 0 Å². The summed E-state index contributed by atoms with van der Waals surface area (Å²) in [6.07, 6.45) is 8.38. The third-order valence-electron chi connectivity index (χ3n) is 1.82. The quantitative estimate of drug-likeness (QED) is 0.448. The van der Waals surface area contributed by atoms with Crippen LogP contribution in [0, 0.1) is 0 Å². The van der Waals surface area contributed by atoms with Crippen LogP contribution in [-0.4, -0.2) is 6.29 Å². The SMILES string of the molecule is C=C(N)CCCCCCCC=O. The molecule has 2 nitrogen and oxygen atoms in total. The molecule has 12 heavy (non-hydrogen) atoms. The molecule has 0 atom stereocenters. The van der Waals surface area contributed by atoms with Crippen molar-refractivity contribution in [3.05, 3.63) is 12.3 Å². The first kappa shape index (κ1) is 11.2. The summed E-state index contributed by atoms with van der Waals surface area (Å²) in [7, 11) is 0. The molecule has 0 spiro atoms. The highest BCUT2D eigenvalue weighted by Gasteiger charge is 1.91. The van der Waals surface area contributed by atoms with Gasteiger partial charge in [-0.1, -0.05) is 25.8 Å². The van der Waals surface area contributed by atoms with Crippen molar-refractivity contribution in [1.82, 2.24) is 0 Å². The van der Waals surface area contributed by atoms with Gasteiger partial charge in [0.2, 0.25) is 0 Å². The lowest BCUT2D eigenvalue weighted by atomic mass is 10.1. The molecule has 0 aliphatic carbocycles. The number of hydrogen-bond acceptors (Lipinski definition) is 2. The van der Waals surface area contributed by atoms with Gasteiger partial charge in [0.05, 0.1) is 0 Å². The van der Waals surface area contributed by atoms with Crippen LogP contribution in [0.2, 0.25) is 0 Å². The van der Waals surface area contributed by atoms with Gasteiger partial charge in [0.1, 0.15) is 6.29 Å². The number of carbonyl (C=O) groups is 1. The summed E-state index contributed by atoms with van der Waals surface area (Å²) in [6.45, 7) is 3.63. The number of nitrogens with two attached hydrogens (primary N) is 1. The van der Waals surface area contributed by atoms with Gasteiger partial charge >= 0.3 is 0 Å². The molecule has 0 rings (SSSR count). The van der Waals surface area contributed by atoms with Crippen LogP contribution < -0.4 is 5.73 Å². The summed E-state index contributed by atoms with van der Waals surface area (Å²) < 4.78 is 0. The Morgan fingerprint density at radius 1 is 1.17 bits per heavy atom. The molecule has 0 amide bonds. The second-order valence-corrected chi connectivity index (χ2v) is 3.13. The zero-order valence-corrected chi connectivity index (χ0v) is 7.72. The van der Waals surface area contributed by atoms with Gasteiger partial charge in [-0.15, -0.1) is 0 Å². The normalized spacial score (nSPS) is 9.67. The van der Waals surface area contributed by atoms with Gasteiger partial charge in [-0.05, 0) is 19.3 Å². The maximum atomic E-state index is 9.95. The number of unbranched alkanes of at least 4 members (excludes halogenated alkanes) is 5. The Labute approximate surface area is 74.8 Å². The third-order valence-corrected chi connectivity index (χ3v) is 1.82. The molecule has 0 aliphatic rings. The lowest BCUT2D eigenvalue weighted by Gasteiger charge is -1.99. The average molecular weight is 169 g/mol. The smallest absolute Gasteiger partial charge is 0.119 e. The van der Waals surface area contributed by atoms with E-state index in [1.165, 1.54) is 12.8 Å². The van der Waals surface area contributed by atoms with Crippen molar-refractivity contribution in [1.29, 1.82) is 0 Å². The molecule has 0 aliphatic heterocycles. The van der Waals surface area contributed by atoms with E-state index in [0.717, 1.165) is 37.7 Å². The highest BCUT2D eigenvalue weighted by atomic mass is 16.1. The molecule has 0 saturated carbocycles. The first-order valence-corrected chi connectivity index (χ1v) is 4.64. The second kappa shape index (κ2) is 8.31. The van der Waals surface area contributed by atoms with Crippen molar-refractivity contribution in [2.75, 3.05) is 0 Å². The maximum absolute atomic E-state index is 9.95. The van der Waals surface area contributed by atoms with E-state index in [1.807, 2.05) is 0 Å². The van der Waals surface area contributed by atoms with Gasteiger partial charge in [-0.2, -0.15) is 0 Å². The minimum atomic E-state index is 0.712. The maximum Gasteiger partial charge on any atom is 0.119 e. The Hall–Kier alpha value is -0.790. The molecule has 0 radical (unpaired) electrons. The van der Waals surface area contributed by atoms with Gasteiger partial charge in [0.25, 0.3) is 0 Å². The van der Waals surface area contributed by atoms with Gasteiger partial charge < -0.3 is 10.5 Å². The summed E-state index contributed by atoms with van der Waals surface area (Å²) in [5.41, 5.74) is 6.19. The lowest BCUT2D eigenvalue weighted by Crippen LogP contribution is -1.93. The van der Waals surface area contributed by atoms with E-state index < -0.39 is 0 Å². The van der Waals surface area contributed by atoms with Crippen LogP contribution in [0.15, 0.2) is 12.3 Å². The number of carbonyl (C=O) groups excluding carboxylic acids is 1. The van der Waals surface area contributed by atoms with E-state index in [4.69, 9.17) is 5.73 Å². The number of allylic oxidation sites excluding steroid dienone is 1. The largest absolute Gasteiger partial charge is 0.403 e. The molecular weight excluding hydrogens is 150 g/mol. The van der Waals surface area contributed by atoms with Gasteiger partial charge in [-0.3, -0.25) is 0 Å². The van der Waals surface area contributed by atoms with Crippen LogP contribution in [0.25, 0.3) is 0 Å². The Bertz CT molecular complexity index is 132. The predicted octanol–water partition coefficient (Wildman–Crippen LogP) is 2.39. The Morgan fingerprint density at radius 3 is 2.33 bits per heavy atom. The Morgan fingerprint density at radius 2 is 1.75 bits per heavy atom. The fourth-order valence-corrected chi connectivity index (χ4v) is 1.11. The van der Waals surface area contributed by atoms with E-state index >= 15 is 0 Å². The highest BCUT2D eigenvalue weighted by molar-refractivity contribution is 5.48. The third kappa shape index (κ3) is 9.21. The fraction of sp³-hybridized carbons (Fsp3) is 0.700. The van der Waals surface area contributed by atoms with Crippen molar-refractivity contribution in [3.8, 4) is 0 Å². The van der Waals surface area contributed by atoms with Crippen molar-refractivity contribution in [3.63, 3.8) is 0 Å². The molecule has 0 heterocycles. The first-order valence-electron chi connectivity index (χ1n) is 4.64. The van der Waals surface area contributed by atoms with Crippen LogP contribution >= 0.6 is 0 Å². The summed E-state index contributed by atoms with van der Waals surface area (Å²) >= 11 is 0. The predicted molar refractivity (Wildman–Crippen MR) is 51.7 cm³/mol. The molecular formula is C10H19NO. The molecule has 0 aromatic heterocycles. The van der Waals surface area contributed by atoms with E-state index in [2.05, 4.69) is 6.58 Å². The molecule has 70 valence electrons. The molecule has 0 unspecified atom stereocenters. The van der Waals surface area contributed by atoms with E-state index in [9.17, 15) is 4.79 Å². The van der Waals surface area contributed by atoms with Crippen molar-refractivity contribution in [2.45, 2.75) is 44.9 Å². The molecule has 2 heteroatoms. The van der Waals surface area contributed by atoms with Gasteiger partial charge in [0, 0.05) is 12.1 Å². The molecule has 0 aromatic carbocycles. The van der Waals surface area contributed by atoms with Crippen molar-refractivity contribution < 1.29 is 4.79 Å². The monoisotopic (exact) mass is 169 g/mol. The molecule has 2 N–H and O–H groups in total.